The zero-order valence-electron chi connectivity index (χ0n) is 19.4. The summed E-state index contributed by atoms with van der Waals surface area (Å²) in [4.78, 5) is 15.4. The number of ether oxygens (including phenoxy) is 1. The summed E-state index contributed by atoms with van der Waals surface area (Å²) in [6.07, 6.45) is 0.726. The highest BCUT2D eigenvalue weighted by Gasteiger charge is 2.35. The lowest BCUT2D eigenvalue weighted by Crippen LogP contribution is -2.44. The Labute approximate surface area is 209 Å². The van der Waals surface area contributed by atoms with E-state index in [4.69, 9.17) is 4.74 Å². The standard InChI is InChI=1S/C26H27BrN2O4S/c1-18-13-23(10-12-25(18)33-3)34(31,32)28(16-20-7-5-4-6-8-20)17-26(30)29-19(2)14-21-15-22(27)9-11-24(21)29/h4-13,15,19H,14,16-17H2,1-3H3. The molecule has 0 aliphatic carbocycles. The molecule has 1 heterocycles. The summed E-state index contributed by atoms with van der Waals surface area (Å²) in [5.74, 6) is 0.358. The van der Waals surface area contributed by atoms with Gasteiger partial charge in [0.25, 0.3) is 0 Å². The number of amides is 1. The van der Waals surface area contributed by atoms with Gasteiger partial charge in [-0.2, -0.15) is 4.31 Å². The molecule has 1 aliphatic rings. The molecule has 0 saturated heterocycles. The Kier molecular flexibility index (Phi) is 7.12. The number of benzene rings is 3. The van der Waals surface area contributed by atoms with Crippen LogP contribution in [-0.4, -0.2) is 38.3 Å². The minimum absolute atomic E-state index is 0.0543. The fourth-order valence-electron chi connectivity index (χ4n) is 4.38. The molecule has 1 unspecified atom stereocenters. The topological polar surface area (TPSA) is 66.9 Å². The van der Waals surface area contributed by atoms with Crippen LogP contribution in [0, 0.1) is 6.92 Å². The van der Waals surface area contributed by atoms with Crippen LogP contribution in [0.3, 0.4) is 0 Å². The minimum Gasteiger partial charge on any atom is -0.496 e. The second kappa shape index (κ2) is 9.90. The van der Waals surface area contributed by atoms with Crippen LogP contribution in [0.5, 0.6) is 5.75 Å². The molecule has 3 aromatic carbocycles. The lowest BCUT2D eigenvalue weighted by Gasteiger charge is -2.28. The molecule has 1 atom stereocenters. The number of sulfonamides is 1. The van der Waals surface area contributed by atoms with Crippen LogP contribution < -0.4 is 9.64 Å². The van der Waals surface area contributed by atoms with Crippen LogP contribution >= 0.6 is 15.9 Å². The van der Waals surface area contributed by atoms with Crippen molar-refractivity contribution in [2.24, 2.45) is 0 Å². The van der Waals surface area contributed by atoms with E-state index in [9.17, 15) is 13.2 Å². The molecular weight excluding hydrogens is 516 g/mol. The van der Waals surface area contributed by atoms with Crippen molar-refractivity contribution < 1.29 is 17.9 Å². The summed E-state index contributed by atoms with van der Waals surface area (Å²) >= 11 is 3.49. The Hall–Kier alpha value is -2.68. The summed E-state index contributed by atoms with van der Waals surface area (Å²) in [5.41, 5.74) is 3.42. The van der Waals surface area contributed by atoms with E-state index in [-0.39, 0.29) is 29.9 Å². The van der Waals surface area contributed by atoms with E-state index in [2.05, 4.69) is 15.9 Å². The van der Waals surface area contributed by atoms with E-state index in [1.54, 1.807) is 31.1 Å². The summed E-state index contributed by atoms with van der Waals surface area (Å²) < 4.78 is 34.9. The van der Waals surface area contributed by atoms with Crippen LogP contribution in [0.1, 0.15) is 23.6 Å². The van der Waals surface area contributed by atoms with Gasteiger partial charge in [0.1, 0.15) is 5.75 Å². The predicted octanol–water partition coefficient (Wildman–Crippen LogP) is 4.93. The predicted molar refractivity (Wildman–Crippen MR) is 137 cm³/mol. The Morgan fingerprint density at radius 1 is 1.12 bits per heavy atom. The number of halogens is 1. The summed E-state index contributed by atoms with van der Waals surface area (Å²) in [6, 6.07) is 19.8. The highest BCUT2D eigenvalue weighted by molar-refractivity contribution is 9.10. The number of carbonyl (C=O) groups is 1. The number of rotatable bonds is 7. The van der Waals surface area contributed by atoms with Gasteiger partial charge in [-0.25, -0.2) is 8.42 Å². The zero-order chi connectivity index (χ0) is 24.5. The highest BCUT2D eigenvalue weighted by atomic mass is 79.9. The maximum Gasteiger partial charge on any atom is 0.243 e. The smallest absolute Gasteiger partial charge is 0.243 e. The molecule has 0 saturated carbocycles. The van der Waals surface area contributed by atoms with E-state index in [1.165, 1.54) is 10.4 Å². The molecule has 0 bridgehead atoms. The molecule has 0 spiro atoms. The zero-order valence-corrected chi connectivity index (χ0v) is 21.8. The van der Waals surface area contributed by atoms with Crippen LogP contribution in [-0.2, 0) is 27.8 Å². The second-order valence-corrected chi connectivity index (χ2v) is 11.3. The van der Waals surface area contributed by atoms with Gasteiger partial charge in [0, 0.05) is 22.7 Å². The number of hydrogen-bond donors (Lipinski definition) is 0. The molecule has 178 valence electrons. The fraction of sp³-hybridized carbons (Fsp3) is 0.269. The van der Waals surface area contributed by atoms with Crippen molar-refractivity contribution in [1.29, 1.82) is 0 Å². The number of fused-ring (bicyclic) bond motifs is 1. The maximum atomic E-state index is 13.7. The normalized spacial score (nSPS) is 15.4. The van der Waals surface area contributed by atoms with Gasteiger partial charge in [-0.05, 0) is 73.4 Å². The van der Waals surface area contributed by atoms with Gasteiger partial charge in [-0.1, -0.05) is 46.3 Å². The minimum atomic E-state index is -3.95. The Morgan fingerprint density at radius 2 is 1.85 bits per heavy atom. The molecule has 8 heteroatoms. The molecule has 34 heavy (non-hydrogen) atoms. The molecule has 1 amide bonds. The SMILES string of the molecule is COc1ccc(S(=O)(=O)N(CC(=O)N2c3ccc(Br)cc3CC2C)Cc2ccccc2)cc1C. The molecule has 3 aromatic rings. The van der Waals surface area contributed by atoms with Gasteiger partial charge in [0.05, 0.1) is 18.6 Å². The first kappa shape index (κ1) is 24.4. The second-order valence-electron chi connectivity index (χ2n) is 8.48. The van der Waals surface area contributed by atoms with Crippen LogP contribution in [0.15, 0.2) is 76.1 Å². The van der Waals surface area contributed by atoms with Gasteiger partial charge in [-0.3, -0.25) is 4.79 Å². The summed E-state index contributed by atoms with van der Waals surface area (Å²) in [7, 11) is -2.40. The Balaban J connectivity index is 1.68. The lowest BCUT2D eigenvalue weighted by molar-refractivity contribution is -0.119. The molecule has 6 nitrogen and oxygen atoms in total. The molecule has 0 aromatic heterocycles. The van der Waals surface area contributed by atoms with E-state index < -0.39 is 10.0 Å². The van der Waals surface area contributed by atoms with Crippen molar-refractivity contribution in [2.75, 3.05) is 18.6 Å². The Morgan fingerprint density at radius 3 is 2.53 bits per heavy atom. The maximum absolute atomic E-state index is 13.7. The van der Waals surface area contributed by atoms with E-state index >= 15 is 0 Å². The highest BCUT2D eigenvalue weighted by Crippen LogP contribution is 2.34. The largest absolute Gasteiger partial charge is 0.496 e. The van der Waals surface area contributed by atoms with E-state index in [1.807, 2.05) is 55.5 Å². The number of aryl methyl sites for hydroxylation is 1. The molecule has 0 fully saturated rings. The van der Waals surface area contributed by atoms with Gasteiger partial charge >= 0.3 is 0 Å². The average molecular weight is 543 g/mol. The van der Waals surface area contributed by atoms with Crippen LogP contribution in [0.2, 0.25) is 0 Å². The number of carbonyl (C=O) groups excluding carboxylic acids is 1. The lowest BCUT2D eigenvalue weighted by atomic mass is 10.1. The fourth-order valence-corrected chi connectivity index (χ4v) is 6.25. The van der Waals surface area contributed by atoms with Crippen molar-refractivity contribution >= 4 is 37.5 Å². The van der Waals surface area contributed by atoms with Gasteiger partial charge in [-0.15, -0.1) is 0 Å². The number of anilines is 1. The Bertz CT molecular complexity index is 1310. The third kappa shape index (κ3) is 4.89. The third-order valence-corrected chi connectivity index (χ3v) is 8.32. The van der Waals surface area contributed by atoms with Gasteiger partial charge < -0.3 is 9.64 Å². The number of nitrogens with zero attached hydrogens (tertiary/aromatic N) is 2. The third-order valence-electron chi connectivity index (χ3n) is 6.04. The summed E-state index contributed by atoms with van der Waals surface area (Å²) in [5, 5.41) is 0. The van der Waals surface area contributed by atoms with Crippen molar-refractivity contribution in [2.45, 2.75) is 37.8 Å². The quantitative estimate of drug-likeness (QED) is 0.424. The summed E-state index contributed by atoms with van der Waals surface area (Å²) in [6.45, 7) is 3.61. The van der Waals surface area contributed by atoms with E-state index in [0.29, 0.717) is 11.3 Å². The first-order chi connectivity index (χ1) is 16.2. The molecule has 4 rings (SSSR count). The molecular formula is C26H27BrN2O4S. The van der Waals surface area contributed by atoms with E-state index in [0.717, 1.165) is 27.7 Å². The van der Waals surface area contributed by atoms with Crippen molar-refractivity contribution in [3.8, 4) is 5.75 Å². The van der Waals surface area contributed by atoms with Gasteiger partial charge in [0.2, 0.25) is 15.9 Å². The first-order valence-electron chi connectivity index (χ1n) is 11.0. The van der Waals surface area contributed by atoms with Crippen LogP contribution in [0.4, 0.5) is 5.69 Å². The first-order valence-corrected chi connectivity index (χ1v) is 13.2. The van der Waals surface area contributed by atoms with Crippen LogP contribution in [0.25, 0.3) is 0 Å². The van der Waals surface area contributed by atoms with Gasteiger partial charge in [0.15, 0.2) is 0 Å². The van der Waals surface area contributed by atoms with Crippen molar-refractivity contribution in [3.05, 3.63) is 87.9 Å². The van der Waals surface area contributed by atoms with Crippen molar-refractivity contribution in [3.63, 3.8) is 0 Å². The molecule has 1 aliphatic heterocycles. The van der Waals surface area contributed by atoms with Crippen molar-refractivity contribution in [1.82, 2.24) is 4.31 Å². The molecule has 0 N–H and O–H groups in total. The molecule has 0 radical (unpaired) electrons. The average Bonchev–Trinajstić information content (AvgIpc) is 3.13. The monoisotopic (exact) mass is 542 g/mol. The number of hydrogen-bond acceptors (Lipinski definition) is 4. The number of methoxy groups -OCH3 is 1.